The molecule has 2 rings (SSSR count). The van der Waals surface area contributed by atoms with Crippen molar-refractivity contribution >= 4 is 33.0 Å². The number of carbonyl (C=O) groups is 1. The SMILES string of the molecule is CC(C)n1ccc(CC(=O)c2csc(Br)c2)n1. The zero-order chi connectivity index (χ0) is 12.4. The maximum atomic E-state index is 11.9. The van der Waals surface area contributed by atoms with E-state index in [0.717, 1.165) is 15.0 Å². The summed E-state index contributed by atoms with van der Waals surface area (Å²) < 4.78 is 2.85. The standard InChI is InChI=1S/C12H13BrN2OS/c1-8(2)15-4-3-10(14-15)6-11(16)9-5-12(13)17-7-9/h3-5,7-8H,6H2,1-2H3. The first-order chi connectivity index (χ1) is 8.06. The Kier molecular flexibility index (Phi) is 3.79. The average molecular weight is 313 g/mol. The Labute approximate surface area is 113 Å². The molecule has 0 bridgehead atoms. The van der Waals surface area contributed by atoms with E-state index < -0.39 is 0 Å². The van der Waals surface area contributed by atoms with Crippen LogP contribution >= 0.6 is 27.3 Å². The number of hydrogen-bond donors (Lipinski definition) is 0. The van der Waals surface area contributed by atoms with Crippen molar-refractivity contribution in [3.05, 3.63) is 38.8 Å². The number of thiophene rings is 1. The number of carbonyl (C=O) groups excluding carboxylic acids is 1. The minimum absolute atomic E-state index is 0.112. The first-order valence-corrected chi connectivity index (χ1v) is 7.05. The smallest absolute Gasteiger partial charge is 0.169 e. The fourth-order valence-corrected chi connectivity index (χ4v) is 2.64. The van der Waals surface area contributed by atoms with Crippen LogP contribution in [-0.4, -0.2) is 15.6 Å². The minimum atomic E-state index is 0.112. The van der Waals surface area contributed by atoms with Crippen LogP contribution in [0.15, 0.2) is 27.5 Å². The highest BCUT2D eigenvalue weighted by Gasteiger charge is 2.11. The molecule has 5 heteroatoms. The van der Waals surface area contributed by atoms with Crippen LogP contribution in [0.2, 0.25) is 0 Å². The fourth-order valence-electron chi connectivity index (χ4n) is 1.48. The summed E-state index contributed by atoms with van der Waals surface area (Å²) in [5.74, 6) is 0.112. The van der Waals surface area contributed by atoms with Crippen molar-refractivity contribution in [3.8, 4) is 0 Å². The molecule has 0 saturated heterocycles. The third-order valence-electron chi connectivity index (χ3n) is 2.42. The second-order valence-corrected chi connectivity index (χ2v) is 6.41. The van der Waals surface area contributed by atoms with E-state index in [2.05, 4.69) is 34.9 Å². The van der Waals surface area contributed by atoms with Crippen LogP contribution in [0.4, 0.5) is 0 Å². The molecule has 0 aliphatic carbocycles. The molecule has 0 amide bonds. The third-order valence-corrected chi connectivity index (χ3v) is 3.93. The number of Topliss-reactive ketones (excluding diaryl/α,β-unsaturated/α-hetero) is 1. The number of ketones is 1. The first kappa shape index (κ1) is 12.5. The first-order valence-electron chi connectivity index (χ1n) is 5.37. The van der Waals surface area contributed by atoms with E-state index >= 15 is 0 Å². The summed E-state index contributed by atoms with van der Waals surface area (Å²) in [5.41, 5.74) is 1.58. The molecule has 0 saturated carbocycles. The van der Waals surface area contributed by atoms with E-state index in [1.54, 1.807) is 0 Å². The van der Waals surface area contributed by atoms with Crippen LogP contribution in [0.1, 0.15) is 35.9 Å². The van der Waals surface area contributed by atoms with Crippen LogP contribution in [-0.2, 0) is 6.42 Å². The largest absolute Gasteiger partial charge is 0.294 e. The molecule has 17 heavy (non-hydrogen) atoms. The van der Waals surface area contributed by atoms with Gasteiger partial charge in [0.1, 0.15) is 0 Å². The summed E-state index contributed by atoms with van der Waals surface area (Å²) in [6.45, 7) is 4.13. The predicted octanol–water partition coefficient (Wildman–Crippen LogP) is 3.71. The molecule has 0 fully saturated rings. The highest BCUT2D eigenvalue weighted by Crippen LogP contribution is 2.21. The van der Waals surface area contributed by atoms with Gasteiger partial charge < -0.3 is 0 Å². The third kappa shape index (κ3) is 3.04. The van der Waals surface area contributed by atoms with Gasteiger partial charge in [0.05, 0.1) is 15.9 Å². The van der Waals surface area contributed by atoms with E-state index in [1.807, 2.05) is 28.4 Å². The minimum Gasteiger partial charge on any atom is -0.294 e. The van der Waals surface area contributed by atoms with Crippen molar-refractivity contribution in [3.63, 3.8) is 0 Å². The maximum absolute atomic E-state index is 11.9. The molecule has 0 atom stereocenters. The quantitative estimate of drug-likeness (QED) is 0.807. The molecule has 0 aliphatic rings. The number of hydrogen-bond acceptors (Lipinski definition) is 3. The summed E-state index contributed by atoms with van der Waals surface area (Å²) in [5, 5.41) is 6.24. The number of halogens is 1. The molecule has 0 aromatic carbocycles. The normalized spacial score (nSPS) is 11.1. The maximum Gasteiger partial charge on any atom is 0.169 e. The van der Waals surface area contributed by atoms with Gasteiger partial charge in [0, 0.05) is 23.2 Å². The lowest BCUT2D eigenvalue weighted by atomic mass is 10.1. The Morgan fingerprint density at radius 3 is 2.88 bits per heavy atom. The van der Waals surface area contributed by atoms with Gasteiger partial charge in [-0.3, -0.25) is 9.48 Å². The van der Waals surface area contributed by atoms with E-state index in [0.29, 0.717) is 12.5 Å². The molecule has 0 spiro atoms. The van der Waals surface area contributed by atoms with Gasteiger partial charge in [-0.15, -0.1) is 11.3 Å². The van der Waals surface area contributed by atoms with Crippen molar-refractivity contribution < 1.29 is 4.79 Å². The lowest BCUT2D eigenvalue weighted by Gasteiger charge is -2.03. The highest BCUT2D eigenvalue weighted by molar-refractivity contribution is 9.11. The van der Waals surface area contributed by atoms with E-state index in [-0.39, 0.29) is 5.78 Å². The molecule has 2 heterocycles. The molecule has 0 aliphatic heterocycles. The van der Waals surface area contributed by atoms with Gasteiger partial charge in [0.15, 0.2) is 5.78 Å². The van der Waals surface area contributed by atoms with Gasteiger partial charge in [-0.25, -0.2) is 0 Å². The molecule has 0 unspecified atom stereocenters. The fraction of sp³-hybridized carbons (Fsp3) is 0.333. The highest BCUT2D eigenvalue weighted by atomic mass is 79.9. The Morgan fingerprint density at radius 1 is 1.59 bits per heavy atom. The van der Waals surface area contributed by atoms with Gasteiger partial charge in [0.2, 0.25) is 0 Å². The van der Waals surface area contributed by atoms with Crippen LogP contribution < -0.4 is 0 Å². The van der Waals surface area contributed by atoms with E-state index in [1.165, 1.54) is 11.3 Å². The average Bonchev–Trinajstić information content (AvgIpc) is 2.86. The summed E-state index contributed by atoms with van der Waals surface area (Å²) in [6, 6.07) is 4.08. The van der Waals surface area contributed by atoms with Gasteiger partial charge in [-0.2, -0.15) is 5.10 Å². The van der Waals surface area contributed by atoms with Gasteiger partial charge in [-0.1, -0.05) is 0 Å². The Hall–Kier alpha value is -0.940. The van der Waals surface area contributed by atoms with E-state index in [9.17, 15) is 4.79 Å². The Balaban J connectivity index is 2.07. The Morgan fingerprint density at radius 2 is 2.35 bits per heavy atom. The summed E-state index contributed by atoms with van der Waals surface area (Å²) in [7, 11) is 0. The van der Waals surface area contributed by atoms with Crippen molar-refractivity contribution in [1.82, 2.24) is 9.78 Å². The van der Waals surface area contributed by atoms with Crippen molar-refractivity contribution in [2.75, 3.05) is 0 Å². The lowest BCUT2D eigenvalue weighted by molar-refractivity contribution is 0.0992. The van der Waals surface area contributed by atoms with Crippen molar-refractivity contribution in [2.24, 2.45) is 0 Å². The molecule has 3 nitrogen and oxygen atoms in total. The van der Waals surface area contributed by atoms with Crippen LogP contribution in [0.25, 0.3) is 0 Å². The van der Waals surface area contributed by atoms with Crippen LogP contribution in [0, 0.1) is 0 Å². The zero-order valence-corrected chi connectivity index (χ0v) is 12.1. The van der Waals surface area contributed by atoms with Crippen LogP contribution in [0.3, 0.4) is 0 Å². The molecule has 0 radical (unpaired) electrons. The molecule has 0 N–H and O–H groups in total. The number of aromatic nitrogens is 2. The van der Waals surface area contributed by atoms with Crippen molar-refractivity contribution in [1.29, 1.82) is 0 Å². The molecular formula is C12H13BrN2OS. The summed E-state index contributed by atoms with van der Waals surface area (Å²) in [4.78, 5) is 11.9. The second-order valence-electron chi connectivity index (χ2n) is 4.12. The van der Waals surface area contributed by atoms with Crippen LogP contribution in [0.5, 0.6) is 0 Å². The monoisotopic (exact) mass is 312 g/mol. The molecular weight excluding hydrogens is 300 g/mol. The lowest BCUT2D eigenvalue weighted by Crippen LogP contribution is -2.05. The molecule has 2 aromatic heterocycles. The number of nitrogens with zero attached hydrogens (tertiary/aromatic N) is 2. The van der Waals surface area contributed by atoms with Gasteiger partial charge in [0.25, 0.3) is 0 Å². The summed E-state index contributed by atoms with van der Waals surface area (Å²) in [6.07, 6.45) is 2.28. The van der Waals surface area contributed by atoms with Crippen molar-refractivity contribution in [2.45, 2.75) is 26.3 Å². The zero-order valence-electron chi connectivity index (χ0n) is 9.68. The van der Waals surface area contributed by atoms with E-state index in [4.69, 9.17) is 0 Å². The Bertz CT molecular complexity index is 530. The number of rotatable bonds is 4. The molecule has 2 aromatic rings. The summed E-state index contributed by atoms with van der Waals surface area (Å²) >= 11 is 4.88. The predicted molar refractivity (Wildman–Crippen MR) is 72.7 cm³/mol. The second kappa shape index (κ2) is 5.14. The van der Waals surface area contributed by atoms with Gasteiger partial charge in [-0.05, 0) is 41.9 Å². The van der Waals surface area contributed by atoms with Gasteiger partial charge >= 0.3 is 0 Å². The molecule has 90 valence electrons. The topological polar surface area (TPSA) is 34.9 Å².